The van der Waals surface area contributed by atoms with Gasteiger partial charge >= 0.3 is 0 Å². The van der Waals surface area contributed by atoms with Crippen molar-refractivity contribution in [3.8, 4) is 0 Å². The quantitative estimate of drug-likeness (QED) is 0.385. The number of carbonyl (C=O) groups is 1. The van der Waals surface area contributed by atoms with Gasteiger partial charge in [-0.05, 0) is 37.3 Å². The molecule has 2 unspecified atom stereocenters. The Morgan fingerprint density at radius 2 is 2.24 bits per heavy atom. The van der Waals surface area contributed by atoms with E-state index in [4.69, 9.17) is 10.9 Å². The molecule has 3 N–H and O–H groups in total. The SMILES string of the molecule is CC(CC(N)=NO)N(C)C(=O)C1CCCc2ccccc21. The van der Waals surface area contributed by atoms with Crippen LogP contribution in [0.3, 0.4) is 0 Å². The van der Waals surface area contributed by atoms with Gasteiger partial charge in [-0.15, -0.1) is 0 Å². The summed E-state index contributed by atoms with van der Waals surface area (Å²) >= 11 is 0. The van der Waals surface area contributed by atoms with Crippen LogP contribution in [0.2, 0.25) is 0 Å². The number of benzene rings is 1. The Labute approximate surface area is 125 Å². The lowest BCUT2D eigenvalue weighted by Crippen LogP contribution is -2.41. The van der Waals surface area contributed by atoms with E-state index in [0.29, 0.717) is 6.42 Å². The molecule has 0 aromatic heterocycles. The van der Waals surface area contributed by atoms with Gasteiger partial charge in [-0.25, -0.2) is 0 Å². The van der Waals surface area contributed by atoms with Crippen molar-refractivity contribution in [2.24, 2.45) is 10.9 Å². The number of likely N-dealkylation sites (N-methyl/N-ethyl adjacent to an activating group) is 1. The molecule has 2 rings (SSSR count). The van der Waals surface area contributed by atoms with Crippen molar-refractivity contribution in [2.75, 3.05) is 7.05 Å². The second kappa shape index (κ2) is 6.61. The average Bonchev–Trinajstić information content (AvgIpc) is 2.52. The monoisotopic (exact) mass is 289 g/mol. The summed E-state index contributed by atoms with van der Waals surface area (Å²) in [7, 11) is 1.79. The topological polar surface area (TPSA) is 78.9 Å². The lowest BCUT2D eigenvalue weighted by Gasteiger charge is -2.32. The van der Waals surface area contributed by atoms with Crippen LogP contribution in [0.1, 0.15) is 43.2 Å². The molecule has 0 bridgehead atoms. The fourth-order valence-corrected chi connectivity index (χ4v) is 2.95. The number of nitrogens with zero attached hydrogens (tertiary/aromatic N) is 2. The molecule has 1 amide bonds. The van der Waals surface area contributed by atoms with Gasteiger partial charge in [0.1, 0.15) is 5.84 Å². The lowest BCUT2D eigenvalue weighted by molar-refractivity contribution is -0.133. The minimum Gasteiger partial charge on any atom is -0.409 e. The molecule has 0 aliphatic heterocycles. The predicted octanol–water partition coefficient (Wildman–Crippen LogP) is 2.09. The summed E-state index contributed by atoms with van der Waals surface area (Å²) in [5, 5.41) is 11.6. The zero-order chi connectivity index (χ0) is 15.4. The third-order valence-corrected chi connectivity index (χ3v) is 4.31. The summed E-state index contributed by atoms with van der Waals surface area (Å²) in [6.07, 6.45) is 3.34. The Morgan fingerprint density at radius 1 is 1.52 bits per heavy atom. The smallest absolute Gasteiger partial charge is 0.230 e. The maximum absolute atomic E-state index is 12.8. The Kier molecular flexibility index (Phi) is 4.83. The van der Waals surface area contributed by atoms with Gasteiger partial charge in [0.2, 0.25) is 5.91 Å². The fourth-order valence-electron chi connectivity index (χ4n) is 2.95. The van der Waals surface area contributed by atoms with Gasteiger partial charge in [0, 0.05) is 19.5 Å². The highest BCUT2D eigenvalue weighted by Gasteiger charge is 2.30. The number of rotatable bonds is 4. The van der Waals surface area contributed by atoms with E-state index in [0.717, 1.165) is 24.8 Å². The van der Waals surface area contributed by atoms with Crippen LogP contribution in [0.5, 0.6) is 0 Å². The summed E-state index contributed by atoms with van der Waals surface area (Å²) in [5.41, 5.74) is 7.96. The Balaban J connectivity index is 2.13. The molecule has 1 aliphatic carbocycles. The normalized spacial score (nSPS) is 19.7. The Morgan fingerprint density at radius 3 is 2.95 bits per heavy atom. The first-order valence-electron chi connectivity index (χ1n) is 7.35. The number of fused-ring (bicyclic) bond motifs is 1. The van der Waals surface area contributed by atoms with E-state index in [1.165, 1.54) is 5.56 Å². The standard InChI is InChI=1S/C16H23N3O2/c1-11(10-15(17)18-21)19(2)16(20)14-9-5-7-12-6-3-4-8-13(12)14/h3-4,6,8,11,14,21H,5,7,9-10H2,1-2H3,(H2,17,18). The number of nitrogens with two attached hydrogens (primary N) is 1. The molecule has 0 saturated carbocycles. The number of oxime groups is 1. The highest BCUT2D eigenvalue weighted by Crippen LogP contribution is 2.33. The van der Waals surface area contributed by atoms with E-state index in [9.17, 15) is 4.79 Å². The van der Waals surface area contributed by atoms with Gasteiger partial charge in [-0.1, -0.05) is 29.4 Å². The lowest BCUT2D eigenvalue weighted by atomic mass is 9.82. The first-order valence-corrected chi connectivity index (χ1v) is 7.35. The minimum atomic E-state index is -0.0949. The first-order chi connectivity index (χ1) is 10.0. The number of amidine groups is 1. The van der Waals surface area contributed by atoms with Crippen molar-refractivity contribution < 1.29 is 10.0 Å². The highest BCUT2D eigenvalue weighted by molar-refractivity contribution is 5.86. The van der Waals surface area contributed by atoms with Gasteiger partial charge in [0.15, 0.2) is 0 Å². The maximum atomic E-state index is 12.8. The average molecular weight is 289 g/mol. The van der Waals surface area contributed by atoms with Crippen molar-refractivity contribution in [1.29, 1.82) is 0 Å². The third-order valence-electron chi connectivity index (χ3n) is 4.31. The summed E-state index contributed by atoms with van der Waals surface area (Å²) in [4.78, 5) is 14.5. The molecule has 0 spiro atoms. The number of hydrogen-bond donors (Lipinski definition) is 2. The molecular formula is C16H23N3O2. The molecule has 1 aromatic carbocycles. The van der Waals surface area contributed by atoms with Crippen molar-refractivity contribution >= 4 is 11.7 Å². The zero-order valence-electron chi connectivity index (χ0n) is 12.6. The third kappa shape index (κ3) is 3.35. The summed E-state index contributed by atoms with van der Waals surface area (Å²) < 4.78 is 0. The minimum absolute atomic E-state index is 0.0744. The van der Waals surface area contributed by atoms with Gasteiger partial charge in [0.25, 0.3) is 0 Å². The number of hydrogen-bond acceptors (Lipinski definition) is 3. The van der Waals surface area contributed by atoms with Crippen molar-refractivity contribution in [3.05, 3.63) is 35.4 Å². The van der Waals surface area contributed by atoms with Crippen LogP contribution in [0, 0.1) is 0 Å². The number of aryl methyl sites for hydroxylation is 1. The highest BCUT2D eigenvalue weighted by atomic mass is 16.4. The molecule has 21 heavy (non-hydrogen) atoms. The molecule has 0 radical (unpaired) electrons. The van der Waals surface area contributed by atoms with Gasteiger partial charge in [-0.3, -0.25) is 4.79 Å². The van der Waals surface area contributed by atoms with Crippen LogP contribution in [0.15, 0.2) is 29.4 Å². The van der Waals surface area contributed by atoms with Crippen LogP contribution < -0.4 is 5.73 Å². The van der Waals surface area contributed by atoms with E-state index >= 15 is 0 Å². The van der Waals surface area contributed by atoms with Crippen LogP contribution >= 0.6 is 0 Å². The van der Waals surface area contributed by atoms with Crippen LogP contribution in [0.4, 0.5) is 0 Å². The maximum Gasteiger partial charge on any atom is 0.230 e. The Hall–Kier alpha value is -2.04. The molecule has 0 fully saturated rings. The molecule has 0 saturated heterocycles. The van der Waals surface area contributed by atoms with E-state index in [1.807, 2.05) is 19.1 Å². The molecule has 5 nitrogen and oxygen atoms in total. The molecular weight excluding hydrogens is 266 g/mol. The zero-order valence-corrected chi connectivity index (χ0v) is 12.6. The summed E-state index contributed by atoms with van der Waals surface area (Å²) in [6, 6.07) is 8.08. The van der Waals surface area contributed by atoms with Crippen LogP contribution in [-0.4, -0.2) is 34.9 Å². The predicted molar refractivity (Wildman–Crippen MR) is 82.4 cm³/mol. The van der Waals surface area contributed by atoms with Gasteiger partial charge in [0.05, 0.1) is 5.92 Å². The molecule has 5 heteroatoms. The molecule has 2 atom stereocenters. The first kappa shape index (κ1) is 15.4. The molecule has 1 aliphatic rings. The number of carbonyl (C=O) groups excluding carboxylic acids is 1. The fraction of sp³-hybridized carbons (Fsp3) is 0.500. The molecule has 114 valence electrons. The van der Waals surface area contributed by atoms with E-state index in [-0.39, 0.29) is 23.7 Å². The van der Waals surface area contributed by atoms with Crippen molar-refractivity contribution in [3.63, 3.8) is 0 Å². The molecule has 1 aromatic rings. The van der Waals surface area contributed by atoms with Crippen molar-refractivity contribution in [1.82, 2.24) is 4.90 Å². The Bertz CT molecular complexity index is 542. The second-order valence-corrected chi connectivity index (χ2v) is 5.74. The van der Waals surface area contributed by atoms with E-state index in [2.05, 4.69) is 17.3 Å². The van der Waals surface area contributed by atoms with Gasteiger partial charge in [-0.2, -0.15) is 0 Å². The van der Waals surface area contributed by atoms with E-state index in [1.54, 1.807) is 11.9 Å². The van der Waals surface area contributed by atoms with Gasteiger partial charge < -0.3 is 15.8 Å². The summed E-state index contributed by atoms with van der Waals surface area (Å²) in [6.45, 7) is 1.91. The summed E-state index contributed by atoms with van der Waals surface area (Å²) in [5.74, 6) is 0.182. The van der Waals surface area contributed by atoms with E-state index < -0.39 is 0 Å². The number of amides is 1. The second-order valence-electron chi connectivity index (χ2n) is 5.74. The van der Waals surface area contributed by atoms with Crippen LogP contribution in [-0.2, 0) is 11.2 Å². The van der Waals surface area contributed by atoms with Crippen LogP contribution in [0.25, 0.3) is 0 Å². The molecule has 0 heterocycles. The van der Waals surface area contributed by atoms with Crippen molar-refractivity contribution in [2.45, 2.75) is 44.6 Å². The largest absolute Gasteiger partial charge is 0.409 e.